The van der Waals surface area contributed by atoms with Crippen molar-refractivity contribution >= 4 is 5.91 Å². The summed E-state index contributed by atoms with van der Waals surface area (Å²) in [6.07, 6.45) is 4.81. The summed E-state index contributed by atoms with van der Waals surface area (Å²) >= 11 is 0. The highest BCUT2D eigenvalue weighted by molar-refractivity contribution is 5.79. The number of para-hydroxylation sites is 1. The van der Waals surface area contributed by atoms with Crippen LogP contribution in [-0.2, 0) is 11.3 Å². The molecule has 1 aromatic heterocycles. The first-order chi connectivity index (χ1) is 11.2. The van der Waals surface area contributed by atoms with Crippen LogP contribution in [0, 0.1) is 11.8 Å². The number of aromatic nitrogens is 3. The molecule has 2 atom stereocenters. The van der Waals surface area contributed by atoms with Gasteiger partial charge in [0.05, 0.1) is 18.4 Å². The molecule has 122 valence electrons. The Morgan fingerprint density at radius 2 is 2.13 bits per heavy atom. The maximum Gasteiger partial charge on any atom is 0.226 e. The first kappa shape index (κ1) is 15.7. The maximum absolute atomic E-state index is 12.6. The van der Waals surface area contributed by atoms with Crippen LogP contribution in [0.2, 0.25) is 0 Å². The second kappa shape index (κ2) is 6.91. The van der Waals surface area contributed by atoms with Crippen LogP contribution >= 0.6 is 0 Å². The van der Waals surface area contributed by atoms with Crippen molar-refractivity contribution in [2.45, 2.75) is 25.8 Å². The Labute approximate surface area is 136 Å². The third-order valence-corrected chi connectivity index (χ3v) is 4.58. The van der Waals surface area contributed by atoms with Gasteiger partial charge in [0.2, 0.25) is 5.91 Å². The molecule has 0 unspecified atom stereocenters. The molecule has 1 aliphatic carbocycles. The highest BCUT2D eigenvalue weighted by atomic mass is 16.2. The van der Waals surface area contributed by atoms with Crippen molar-refractivity contribution < 1.29 is 4.79 Å². The van der Waals surface area contributed by atoms with Gasteiger partial charge in [-0.1, -0.05) is 24.6 Å². The number of amides is 1. The number of hydrogen-bond acceptors (Lipinski definition) is 4. The van der Waals surface area contributed by atoms with Crippen LogP contribution in [0.15, 0.2) is 36.5 Å². The minimum Gasteiger partial charge on any atom is -0.339 e. The van der Waals surface area contributed by atoms with Crippen LogP contribution in [0.25, 0.3) is 5.69 Å². The van der Waals surface area contributed by atoms with E-state index in [0.29, 0.717) is 19.0 Å². The topological polar surface area (TPSA) is 77.0 Å². The van der Waals surface area contributed by atoms with Crippen molar-refractivity contribution in [2.75, 3.05) is 13.6 Å². The van der Waals surface area contributed by atoms with Gasteiger partial charge in [-0.3, -0.25) is 4.79 Å². The minimum absolute atomic E-state index is 0.0640. The third-order valence-electron chi connectivity index (χ3n) is 4.58. The molecule has 6 nitrogen and oxygen atoms in total. The van der Waals surface area contributed by atoms with E-state index >= 15 is 0 Å². The van der Waals surface area contributed by atoms with E-state index in [9.17, 15) is 4.79 Å². The fourth-order valence-electron chi connectivity index (χ4n) is 3.30. The fraction of sp³-hybridized carbons (Fsp3) is 0.471. The highest BCUT2D eigenvalue weighted by Crippen LogP contribution is 2.32. The van der Waals surface area contributed by atoms with E-state index in [2.05, 4.69) is 10.2 Å². The lowest BCUT2D eigenvalue weighted by molar-refractivity contribution is -0.135. The molecule has 1 amide bonds. The number of nitrogens with two attached hydrogens (primary N) is 1. The molecular weight excluding hydrogens is 290 g/mol. The molecule has 6 heteroatoms. The fourth-order valence-corrected chi connectivity index (χ4v) is 3.30. The lowest BCUT2D eigenvalue weighted by atomic mass is 9.95. The van der Waals surface area contributed by atoms with E-state index in [1.807, 2.05) is 37.4 Å². The molecule has 1 aliphatic rings. The van der Waals surface area contributed by atoms with Gasteiger partial charge in [0.15, 0.2) is 0 Å². The van der Waals surface area contributed by atoms with Crippen molar-refractivity contribution in [1.82, 2.24) is 19.9 Å². The molecule has 23 heavy (non-hydrogen) atoms. The normalized spacial score (nSPS) is 20.6. The van der Waals surface area contributed by atoms with Gasteiger partial charge in [0.1, 0.15) is 5.69 Å². The molecule has 1 heterocycles. The molecule has 2 N–H and O–H groups in total. The molecule has 1 fully saturated rings. The number of carbonyl (C=O) groups is 1. The quantitative estimate of drug-likeness (QED) is 0.909. The Hall–Kier alpha value is -2.21. The van der Waals surface area contributed by atoms with Crippen molar-refractivity contribution in [2.24, 2.45) is 17.6 Å². The standard InChI is InChI=1S/C17H23N5O/c1-21(17(23)16-9-5-6-13(16)10-18)12-14-11-19-22(20-14)15-7-3-2-4-8-15/h2-4,7-8,11,13,16H,5-6,9-10,12,18H2,1H3/t13-,16-/m1/s1. The lowest BCUT2D eigenvalue weighted by Gasteiger charge is -2.23. The van der Waals surface area contributed by atoms with E-state index in [0.717, 1.165) is 30.6 Å². The highest BCUT2D eigenvalue weighted by Gasteiger charge is 2.33. The monoisotopic (exact) mass is 313 g/mol. The molecule has 0 spiro atoms. The number of rotatable bonds is 5. The first-order valence-corrected chi connectivity index (χ1v) is 8.10. The summed E-state index contributed by atoms with van der Waals surface area (Å²) in [4.78, 5) is 15.9. The van der Waals surface area contributed by atoms with Gasteiger partial charge in [0.25, 0.3) is 0 Å². The third kappa shape index (κ3) is 3.42. The number of carbonyl (C=O) groups excluding carboxylic acids is 1. The number of benzene rings is 1. The van der Waals surface area contributed by atoms with Gasteiger partial charge in [0, 0.05) is 13.0 Å². The van der Waals surface area contributed by atoms with Gasteiger partial charge >= 0.3 is 0 Å². The van der Waals surface area contributed by atoms with Crippen molar-refractivity contribution in [3.63, 3.8) is 0 Å². The Balaban J connectivity index is 1.65. The van der Waals surface area contributed by atoms with Crippen LogP contribution in [0.3, 0.4) is 0 Å². The van der Waals surface area contributed by atoms with E-state index in [-0.39, 0.29) is 11.8 Å². The minimum atomic E-state index is 0.0640. The summed E-state index contributed by atoms with van der Waals surface area (Å²) in [6.45, 7) is 1.06. The molecule has 3 rings (SSSR count). The summed E-state index contributed by atoms with van der Waals surface area (Å²) in [7, 11) is 1.83. The Morgan fingerprint density at radius 3 is 2.87 bits per heavy atom. The average Bonchev–Trinajstić information content (AvgIpc) is 3.23. The molecule has 0 bridgehead atoms. The lowest BCUT2D eigenvalue weighted by Crippen LogP contribution is -2.36. The second-order valence-corrected chi connectivity index (χ2v) is 6.19. The molecule has 1 aromatic carbocycles. The molecule has 0 saturated heterocycles. The molecule has 0 aliphatic heterocycles. The average molecular weight is 313 g/mol. The van der Waals surface area contributed by atoms with E-state index in [1.165, 1.54) is 0 Å². The molecule has 1 saturated carbocycles. The zero-order valence-corrected chi connectivity index (χ0v) is 13.4. The Morgan fingerprint density at radius 1 is 1.35 bits per heavy atom. The largest absolute Gasteiger partial charge is 0.339 e. The van der Waals surface area contributed by atoms with Crippen LogP contribution < -0.4 is 5.73 Å². The van der Waals surface area contributed by atoms with Crippen LogP contribution in [0.5, 0.6) is 0 Å². The molecule has 2 aromatic rings. The van der Waals surface area contributed by atoms with Gasteiger partial charge < -0.3 is 10.6 Å². The predicted octanol–water partition coefficient (Wildman–Crippen LogP) is 1.60. The number of hydrogen-bond donors (Lipinski definition) is 1. The van der Waals surface area contributed by atoms with E-state index in [1.54, 1.807) is 15.9 Å². The summed E-state index contributed by atoms with van der Waals surface area (Å²) in [5.74, 6) is 0.561. The maximum atomic E-state index is 12.6. The number of nitrogens with zero attached hydrogens (tertiary/aromatic N) is 4. The first-order valence-electron chi connectivity index (χ1n) is 8.10. The van der Waals surface area contributed by atoms with Crippen molar-refractivity contribution in [1.29, 1.82) is 0 Å². The zero-order valence-electron chi connectivity index (χ0n) is 13.4. The van der Waals surface area contributed by atoms with Crippen molar-refractivity contribution in [3.05, 3.63) is 42.2 Å². The van der Waals surface area contributed by atoms with Gasteiger partial charge in [-0.2, -0.15) is 15.0 Å². The summed E-state index contributed by atoms with van der Waals surface area (Å²) in [5, 5.41) is 8.73. The Bertz CT molecular complexity index is 654. The van der Waals surface area contributed by atoms with Crippen LogP contribution in [0.1, 0.15) is 25.0 Å². The molecule has 0 radical (unpaired) electrons. The second-order valence-electron chi connectivity index (χ2n) is 6.19. The van der Waals surface area contributed by atoms with Crippen LogP contribution in [-0.4, -0.2) is 39.4 Å². The smallest absolute Gasteiger partial charge is 0.226 e. The van der Waals surface area contributed by atoms with Crippen molar-refractivity contribution in [3.8, 4) is 5.69 Å². The van der Waals surface area contributed by atoms with E-state index < -0.39 is 0 Å². The van der Waals surface area contributed by atoms with E-state index in [4.69, 9.17) is 5.73 Å². The predicted molar refractivity (Wildman–Crippen MR) is 87.7 cm³/mol. The van der Waals surface area contributed by atoms with Crippen LogP contribution in [0.4, 0.5) is 0 Å². The zero-order chi connectivity index (χ0) is 16.2. The SMILES string of the molecule is CN(Cc1cnn(-c2ccccc2)n1)C(=O)[C@@H]1CCC[C@@H]1CN. The summed E-state index contributed by atoms with van der Waals surface area (Å²) < 4.78 is 0. The summed E-state index contributed by atoms with van der Waals surface area (Å²) in [5.41, 5.74) is 7.48. The Kier molecular flexibility index (Phi) is 4.71. The summed E-state index contributed by atoms with van der Waals surface area (Å²) in [6, 6.07) is 9.74. The van der Waals surface area contributed by atoms with Gasteiger partial charge in [-0.05, 0) is 37.4 Å². The van der Waals surface area contributed by atoms with Gasteiger partial charge in [-0.15, -0.1) is 0 Å². The van der Waals surface area contributed by atoms with Gasteiger partial charge in [-0.25, -0.2) is 0 Å². The molecular formula is C17H23N5O.